The Bertz CT molecular complexity index is 512. The van der Waals surface area contributed by atoms with Crippen LogP contribution in [-0.2, 0) is 6.54 Å². The molecule has 0 atom stereocenters. The van der Waals surface area contributed by atoms with Gasteiger partial charge in [-0.3, -0.25) is 9.36 Å². The van der Waals surface area contributed by atoms with E-state index in [1.807, 2.05) is 28.8 Å². The van der Waals surface area contributed by atoms with Gasteiger partial charge in [-0.2, -0.15) is 0 Å². The van der Waals surface area contributed by atoms with Gasteiger partial charge < -0.3 is 0 Å². The van der Waals surface area contributed by atoms with Crippen LogP contribution in [0, 0.1) is 0 Å². The molecule has 3 heteroatoms. The lowest BCUT2D eigenvalue weighted by Crippen LogP contribution is -2.12. The first-order chi connectivity index (χ1) is 7.83. The zero-order valence-corrected chi connectivity index (χ0v) is 10.4. The van der Waals surface area contributed by atoms with E-state index in [2.05, 4.69) is 6.92 Å². The van der Waals surface area contributed by atoms with Gasteiger partial charge in [0.05, 0.1) is 10.2 Å². The molecule has 1 aromatic heterocycles. The molecule has 0 aliphatic carbocycles. The Balaban J connectivity index is 2.16. The van der Waals surface area contributed by atoms with Crippen LogP contribution in [-0.4, -0.2) is 4.57 Å². The first-order valence-electron chi connectivity index (χ1n) is 5.91. The lowest BCUT2D eigenvalue weighted by molar-refractivity contribution is 0.588. The molecule has 0 unspecified atom stereocenters. The fourth-order valence-electron chi connectivity index (χ4n) is 1.92. The lowest BCUT2D eigenvalue weighted by atomic mass is 10.2. The number of fused-ring (bicyclic) bond motifs is 1. The fraction of sp³-hybridized carbons (Fsp3) is 0.462. The second kappa shape index (κ2) is 5.30. The fourth-order valence-corrected chi connectivity index (χ4v) is 2.84. The number of hydrogen-bond acceptors (Lipinski definition) is 2. The van der Waals surface area contributed by atoms with Crippen molar-refractivity contribution in [3.05, 3.63) is 33.9 Å². The molecule has 0 bridgehead atoms. The molecule has 0 aliphatic rings. The van der Waals surface area contributed by atoms with Crippen molar-refractivity contribution < 1.29 is 0 Å². The van der Waals surface area contributed by atoms with E-state index in [4.69, 9.17) is 0 Å². The molecule has 2 rings (SSSR count). The van der Waals surface area contributed by atoms with Crippen LogP contribution in [0.15, 0.2) is 29.1 Å². The zero-order valence-electron chi connectivity index (χ0n) is 9.61. The second-order valence-corrected chi connectivity index (χ2v) is 5.04. The minimum atomic E-state index is 0.178. The molecular weight excluding hydrogens is 218 g/mol. The van der Waals surface area contributed by atoms with Gasteiger partial charge in [-0.1, -0.05) is 49.7 Å². The molecule has 0 saturated carbocycles. The van der Waals surface area contributed by atoms with Gasteiger partial charge in [-0.25, -0.2) is 0 Å². The molecule has 2 aromatic rings. The van der Waals surface area contributed by atoms with Crippen molar-refractivity contribution in [3.8, 4) is 0 Å². The van der Waals surface area contributed by atoms with Gasteiger partial charge in [0.1, 0.15) is 0 Å². The van der Waals surface area contributed by atoms with Crippen molar-refractivity contribution in [1.82, 2.24) is 4.57 Å². The van der Waals surface area contributed by atoms with E-state index in [1.54, 1.807) is 0 Å². The summed E-state index contributed by atoms with van der Waals surface area (Å²) in [5.74, 6) is 0. The number of para-hydroxylation sites is 1. The van der Waals surface area contributed by atoms with E-state index in [-0.39, 0.29) is 4.87 Å². The second-order valence-electron chi connectivity index (χ2n) is 4.05. The smallest absolute Gasteiger partial charge is 0.299 e. The summed E-state index contributed by atoms with van der Waals surface area (Å²) >= 11 is 1.35. The molecule has 16 heavy (non-hydrogen) atoms. The third-order valence-electron chi connectivity index (χ3n) is 2.81. The Hall–Kier alpha value is -1.09. The van der Waals surface area contributed by atoms with Gasteiger partial charge in [0.15, 0.2) is 0 Å². The minimum absolute atomic E-state index is 0.178. The van der Waals surface area contributed by atoms with E-state index in [9.17, 15) is 4.79 Å². The van der Waals surface area contributed by atoms with Crippen molar-refractivity contribution in [3.63, 3.8) is 0 Å². The van der Waals surface area contributed by atoms with Gasteiger partial charge in [0.25, 0.3) is 0 Å². The van der Waals surface area contributed by atoms with Crippen molar-refractivity contribution in [1.29, 1.82) is 0 Å². The molecule has 0 radical (unpaired) electrons. The Labute approximate surface area is 99.5 Å². The van der Waals surface area contributed by atoms with Crippen molar-refractivity contribution in [2.45, 2.75) is 39.2 Å². The molecule has 0 amide bonds. The van der Waals surface area contributed by atoms with Crippen LogP contribution in [0.5, 0.6) is 0 Å². The van der Waals surface area contributed by atoms with Gasteiger partial charge >= 0.3 is 4.87 Å². The third kappa shape index (κ3) is 2.35. The summed E-state index contributed by atoms with van der Waals surface area (Å²) in [4.78, 5) is 12.0. The summed E-state index contributed by atoms with van der Waals surface area (Å²) in [6, 6.07) is 8.04. The van der Waals surface area contributed by atoms with Crippen LogP contribution in [0.1, 0.15) is 32.6 Å². The van der Waals surface area contributed by atoms with Crippen LogP contribution in [0.25, 0.3) is 10.2 Å². The highest BCUT2D eigenvalue weighted by atomic mass is 32.1. The van der Waals surface area contributed by atoms with Gasteiger partial charge in [0, 0.05) is 6.54 Å². The number of hydrogen-bond donors (Lipinski definition) is 0. The molecule has 2 nitrogen and oxygen atoms in total. The summed E-state index contributed by atoms with van der Waals surface area (Å²) in [5, 5.41) is 0. The monoisotopic (exact) mass is 235 g/mol. The van der Waals surface area contributed by atoms with Crippen LogP contribution < -0.4 is 4.87 Å². The minimum Gasteiger partial charge on any atom is -0.299 e. The maximum absolute atomic E-state index is 11.8. The molecule has 1 aromatic carbocycles. The Morgan fingerprint density at radius 2 is 2.00 bits per heavy atom. The van der Waals surface area contributed by atoms with Gasteiger partial charge in [-0.05, 0) is 18.6 Å². The number of unbranched alkanes of at least 4 members (excludes halogenated alkanes) is 3. The lowest BCUT2D eigenvalue weighted by Gasteiger charge is -2.02. The van der Waals surface area contributed by atoms with Crippen LogP contribution in [0.2, 0.25) is 0 Å². The quantitative estimate of drug-likeness (QED) is 0.725. The van der Waals surface area contributed by atoms with Crippen molar-refractivity contribution in [2.75, 3.05) is 0 Å². The SMILES string of the molecule is CCCCCCn1c(=O)sc2ccccc21. The summed E-state index contributed by atoms with van der Waals surface area (Å²) < 4.78 is 3.01. The number of benzene rings is 1. The summed E-state index contributed by atoms with van der Waals surface area (Å²) in [6.45, 7) is 3.06. The Morgan fingerprint density at radius 3 is 2.81 bits per heavy atom. The highest BCUT2D eigenvalue weighted by Gasteiger charge is 2.05. The number of rotatable bonds is 5. The first-order valence-corrected chi connectivity index (χ1v) is 6.73. The highest BCUT2D eigenvalue weighted by molar-refractivity contribution is 7.16. The number of nitrogens with zero attached hydrogens (tertiary/aromatic N) is 1. The van der Waals surface area contributed by atoms with Crippen LogP contribution in [0.3, 0.4) is 0 Å². The van der Waals surface area contributed by atoms with Crippen LogP contribution >= 0.6 is 11.3 Å². The maximum atomic E-state index is 11.8. The molecule has 1 heterocycles. The Kier molecular flexibility index (Phi) is 3.78. The molecule has 0 spiro atoms. The summed E-state index contributed by atoms with van der Waals surface area (Å²) in [5.41, 5.74) is 1.09. The number of aryl methyl sites for hydroxylation is 1. The van der Waals surface area contributed by atoms with Gasteiger partial charge in [-0.15, -0.1) is 0 Å². The van der Waals surface area contributed by atoms with E-state index >= 15 is 0 Å². The van der Waals surface area contributed by atoms with E-state index in [0.29, 0.717) is 0 Å². The zero-order chi connectivity index (χ0) is 11.4. The molecule has 86 valence electrons. The third-order valence-corrected chi connectivity index (χ3v) is 3.77. The average Bonchev–Trinajstić information content (AvgIpc) is 2.61. The van der Waals surface area contributed by atoms with Crippen molar-refractivity contribution >= 4 is 21.6 Å². The molecule has 0 aliphatic heterocycles. The topological polar surface area (TPSA) is 22.0 Å². The standard InChI is InChI=1S/C13H17NOS/c1-2-3-4-7-10-14-11-8-5-6-9-12(11)16-13(14)15/h5-6,8-9H,2-4,7,10H2,1H3. The normalized spacial score (nSPS) is 11.1. The Morgan fingerprint density at radius 1 is 1.19 bits per heavy atom. The predicted octanol–water partition coefficient (Wildman–Crippen LogP) is 3.64. The molecular formula is C13H17NOS. The van der Waals surface area contributed by atoms with Gasteiger partial charge in [0.2, 0.25) is 0 Å². The molecule has 0 fully saturated rings. The number of thiazole rings is 1. The van der Waals surface area contributed by atoms with E-state index in [1.165, 1.54) is 30.6 Å². The number of aromatic nitrogens is 1. The summed E-state index contributed by atoms with van der Waals surface area (Å²) in [6.07, 6.45) is 4.82. The molecule has 0 saturated heterocycles. The van der Waals surface area contributed by atoms with Crippen molar-refractivity contribution in [2.24, 2.45) is 0 Å². The maximum Gasteiger partial charge on any atom is 0.308 e. The van der Waals surface area contributed by atoms with E-state index in [0.717, 1.165) is 23.2 Å². The predicted molar refractivity (Wildman–Crippen MR) is 70.2 cm³/mol. The highest BCUT2D eigenvalue weighted by Crippen LogP contribution is 2.17. The molecule has 0 N–H and O–H groups in total. The van der Waals surface area contributed by atoms with Crippen LogP contribution in [0.4, 0.5) is 0 Å². The first kappa shape index (κ1) is 11.4. The van der Waals surface area contributed by atoms with E-state index < -0.39 is 0 Å². The largest absolute Gasteiger partial charge is 0.308 e. The average molecular weight is 235 g/mol. The summed E-state index contributed by atoms with van der Waals surface area (Å²) in [7, 11) is 0.